The number of ether oxygens (including phenoxy) is 4. The van der Waals surface area contributed by atoms with Crippen LogP contribution in [0.2, 0.25) is 0 Å². The first-order valence-electron chi connectivity index (χ1n) is 24.4. The molecule has 24 heteroatoms. The molecule has 4 heterocycles. The van der Waals surface area contributed by atoms with E-state index in [1.165, 1.54) is 14.2 Å². The Hall–Kier alpha value is -8.78. The second-order valence-electron chi connectivity index (χ2n) is 17.5. The number of aryl methyl sites for hydroxylation is 4. The zero-order valence-corrected chi connectivity index (χ0v) is 46.2. The highest BCUT2D eigenvalue weighted by molar-refractivity contribution is 7.89. The molecule has 0 radical (unpaired) electrons. The standard InChI is InChI=1S/2C27H27N5O3.C2H6O6S2/c2*1-18-13-21(8-11-25(18)35-22-9-6-19(2)29-15-22)32-27-23-14-20(7-10-24(23)30-17-31-27)5-4-12-28-26(33)16-34-3;3-9(4,5)1-2-10(6,7)8/h2*4-11,13-15,17H,12,16H2,1-3H3,(H,28,33)(H,30,31,32);1-2H2,(H,3,4,5)(H,6,7,8)/b2*5-4+;. The van der Waals surface area contributed by atoms with E-state index in [0.29, 0.717) is 36.2 Å². The Labute approximate surface area is 463 Å². The number of amides is 2. The molecular weight excluding hydrogens is 1070 g/mol. The van der Waals surface area contributed by atoms with Crippen LogP contribution in [0.5, 0.6) is 23.0 Å². The number of benzene rings is 4. The summed E-state index contributed by atoms with van der Waals surface area (Å²) in [4.78, 5) is 49.2. The SMILES string of the molecule is COCC(=O)NC/C=C/c1ccc2ncnc(Nc3ccc(Oc4ccc(C)nc4)c(C)c3)c2c1.COCC(=O)NC/C=C/c1ccc2ncnc(Nc3ccc(Oc4ccc(C)nc4)c(C)c3)c2c1.O=S(=O)(O)CCS(=O)(=O)O. The molecule has 0 saturated heterocycles. The van der Waals surface area contributed by atoms with Crippen molar-refractivity contribution in [2.45, 2.75) is 27.7 Å². The van der Waals surface area contributed by atoms with Crippen molar-refractivity contribution >= 4 is 89.0 Å². The Morgan fingerprint density at radius 3 is 1.29 bits per heavy atom. The largest absolute Gasteiger partial charge is 0.455 e. The van der Waals surface area contributed by atoms with Gasteiger partial charge in [0.1, 0.15) is 60.5 Å². The maximum atomic E-state index is 11.5. The van der Waals surface area contributed by atoms with Gasteiger partial charge in [-0.15, -0.1) is 0 Å². The zero-order valence-electron chi connectivity index (χ0n) is 44.6. The molecule has 0 aliphatic rings. The lowest BCUT2D eigenvalue weighted by Gasteiger charge is -2.12. The van der Waals surface area contributed by atoms with Gasteiger partial charge < -0.3 is 40.2 Å². The van der Waals surface area contributed by atoms with Crippen molar-refractivity contribution in [1.29, 1.82) is 0 Å². The van der Waals surface area contributed by atoms with Crippen LogP contribution in [0.15, 0.2) is 134 Å². The van der Waals surface area contributed by atoms with Crippen LogP contribution in [0.4, 0.5) is 23.0 Å². The number of pyridine rings is 2. The van der Waals surface area contributed by atoms with Crippen molar-refractivity contribution in [1.82, 2.24) is 40.5 Å². The Balaban J connectivity index is 0.000000221. The minimum absolute atomic E-state index is 0.0475. The van der Waals surface area contributed by atoms with Crippen LogP contribution in [-0.2, 0) is 39.3 Å². The van der Waals surface area contributed by atoms with E-state index in [9.17, 15) is 26.4 Å². The van der Waals surface area contributed by atoms with Crippen LogP contribution in [-0.4, -0.2) is 120 Å². The molecule has 80 heavy (non-hydrogen) atoms. The van der Waals surface area contributed by atoms with Crippen LogP contribution in [0.25, 0.3) is 34.0 Å². The van der Waals surface area contributed by atoms with Gasteiger partial charge in [-0.2, -0.15) is 16.8 Å². The number of aromatic nitrogens is 6. The van der Waals surface area contributed by atoms with Crippen LogP contribution in [0, 0.1) is 27.7 Å². The molecule has 4 aromatic carbocycles. The third-order valence-electron chi connectivity index (χ3n) is 11.0. The Kier molecular flexibility index (Phi) is 22.1. The molecule has 0 unspecified atom stereocenters. The molecule has 0 atom stereocenters. The summed E-state index contributed by atoms with van der Waals surface area (Å²) in [5, 5.41) is 14.1. The van der Waals surface area contributed by atoms with Crippen LogP contribution < -0.4 is 30.7 Å². The van der Waals surface area contributed by atoms with E-state index in [2.05, 4.69) is 51.2 Å². The normalized spacial score (nSPS) is 11.3. The number of nitrogens with zero attached hydrogens (tertiary/aromatic N) is 6. The molecule has 4 aromatic heterocycles. The molecule has 2 amide bonds. The summed E-state index contributed by atoms with van der Waals surface area (Å²) in [6, 6.07) is 31.3. The number of fused-ring (bicyclic) bond motifs is 2. The number of rotatable bonds is 21. The van der Waals surface area contributed by atoms with E-state index >= 15 is 0 Å². The number of carbonyl (C=O) groups is 2. The van der Waals surface area contributed by atoms with Gasteiger partial charge in [-0.1, -0.05) is 36.4 Å². The van der Waals surface area contributed by atoms with Gasteiger partial charge in [-0.25, -0.2) is 19.9 Å². The van der Waals surface area contributed by atoms with Crippen LogP contribution in [0.3, 0.4) is 0 Å². The minimum atomic E-state index is -4.30. The van der Waals surface area contributed by atoms with E-state index in [1.54, 1.807) is 25.0 Å². The summed E-state index contributed by atoms with van der Waals surface area (Å²) < 4.78 is 76.9. The molecule has 0 fully saturated rings. The van der Waals surface area contributed by atoms with Crippen molar-refractivity contribution in [3.05, 3.63) is 168 Å². The van der Waals surface area contributed by atoms with Crippen molar-refractivity contribution < 1.29 is 54.5 Å². The van der Waals surface area contributed by atoms with E-state index in [-0.39, 0.29) is 25.0 Å². The molecule has 0 saturated carbocycles. The minimum Gasteiger partial charge on any atom is -0.455 e. The third-order valence-corrected chi connectivity index (χ3v) is 12.7. The lowest BCUT2D eigenvalue weighted by Crippen LogP contribution is -2.26. The van der Waals surface area contributed by atoms with Gasteiger partial charge in [0.25, 0.3) is 20.2 Å². The molecule has 22 nitrogen and oxygen atoms in total. The fourth-order valence-corrected chi connectivity index (χ4v) is 8.79. The van der Waals surface area contributed by atoms with Crippen LogP contribution in [0.1, 0.15) is 33.6 Å². The summed E-state index contributed by atoms with van der Waals surface area (Å²) in [7, 11) is -5.61. The average Bonchev–Trinajstić information content (AvgIpc) is 3.45. The van der Waals surface area contributed by atoms with Gasteiger partial charge in [0, 0.05) is 60.8 Å². The monoisotopic (exact) mass is 1130 g/mol. The molecule has 0 aliphatic heterocycles. The molecule has 0 spiro atoms. The summed E-state index contributed by atoms with van der Waals surface area (Å²) in [5.74, 6) is 2.05. The highest BCUT2D eigenvalue weighted by Gasteiger charge is 2.13. The Morgan fingerprint density at radius 1 is 0.525 bits per heavy atom. The lowest BCUT2D eigenvalue weighted by atomic mass is 10.1. The zero-order chi connectivity index (χ0) is 57.7. The van der Waals surface area contributed by atoms with Gasteiger partial charge in [0.15, 0.2) is 0 Å². The summed E-state index contributed by atoms with van der Waals surface area (Å²) in [6.07, 6.45) is 14.2. The second-order valence-corrected chi connectivity index (χ2v) is 20.7. The van der Waals surface area contributed by atoms with Crippen molar-refractivity contribution in [2.75, 3.05) is 62.7 Å². The number of hydrogen-bond acceptors (Lipinski definition) is 18. The summed E-state index contributed by atoms with van der Waals surface area (Å²) >= 11 is 0. The fraction of sp³-hybridized carbons (Fsp3) is 0.214. The van der Waals surface area contributed by atoms with E-state index in [0.717, 1.165) is 78.3 Å². The Morgan fingerprint density at radius 2 is 0.938 bits per heavy atom. The summed E-state index contributed by atoms with van der Waals surface area (Å²) in [5.41, 5.74) is 9.23. The van der Waals surface area contributed by atoms with E-state index in [1.807, 2.05) is 149 Å². The molecule has 6 N–H and O–H groups in total. The van der Waals surface area contributed by atoms with Crippen molar-refractivity contribution in [2.24, 2.45) is 0 Å². The maximum Gasteiger partial charge on any atom is 0.265 e. The van der Waals surface area contributed by atoms with E-state index < -0.39 is 31.7 Å². The lowest BCUT2D eigenvalue weighted by molar-refractivity contribution is -0.125. The highest BCUT2D eigenvalue weighted by Crippen LogP contribution is 2.32. The number of hydrogen-bond donors (Lipinski definition) is 6. The van der Waals surface area contributed by atoms with Gasteiger partial charge in [-0.05, 0) is 135 Å². The first kappa shape index (κ1) is 60.4. The topological polar surface area (TPSA) is 305 Å². The Bertz CT molecular complexity index is 3460. The maximum absolute atomic E-state index is 11.5. The summed E-state index contributed by atoms with van der Waals surface area (Å²) in [6.45, 7) is 8.80. The van der Waals surface area contributed by atoms with Crippen molar-refractivity contribution in [3.8, 4) is 23.0 Å². The third kappa shape index (κ3) is 20.2. The number of methoxy groups -OCH3 is 2. The molecule has 8 aromatic rings. The van der Waals surface area contributed by atoms with Gasteiger partial charge in [-0.3, -0.25) is 28.7 Å². The van der Waals surface area contributed by atoms with Crippen molar-refractivity contribution in [3.63, 3.8) is 0 Å². The smallest absolute Gasteiger partial charge is 0.265 e. The molecule has 0 bridgehead atoms. The van der Waals surface area contributed by atoms with Crippen LogP contribution >= 0.6 is 0 Å². The van der Waals surface area contributed by atoms with Gasteiger partial charge in [0.2, 0.25) is 11.8 Å². The predicted molar refractivity (Wildman–Crippen MR) is 307 cm³/mol. The quantitative estimate of drug-likeness (QED) is 0.0367. The predicted octanol–water partition coefficient (Wildman–Crippen LogP) is 8.67. The van der Waals surface area contributed by atoms with Gasteiger partial charge >= 0.3 is 0 Å². The fourth-order valence-electron chi connectivity index (χ4n) is 7.11. The van der Waals surface area contributed by atoms with Gasteiger partial charge in [0.05, 0.1) is 34.9 Å². The highest BCUT2D eigenvalue weighted by atomic mass is 32.2. The average molecular weight is 1130 g/mol. The van der Waals surface area contributed by atoms with E-state index in [4.69, 9.17) is 28.1 Å². The first-order chi connectivity index (χ1) is 38.2. The second kappa shape index (κ2) is 29.3. The number of anilines is 4. The first-order valence-corrected chi connectivity index (χ1v) is 27.7. The number of nitrogens with one attached hydrogen (secondary N) is 4. The molecule has 0 aliphatic carbocycles. The molecular formula is C56H60N10O12S2. The molecule has 8 rings (SSSR count). The molecule has 418 valence electrons. The number of carbonyl (C=O) groups excluding carboxylic acids is 2.